The number of carbonyl (C=O) groups excluding carboxylic acids is 2. The van der Waals surface area contributed by atoms with Crippen LogP contribution in [0.4, 0.5) is 0 Å². The SMILES string of the molecule is CCCC(=O)Oc1c(C)cc(-c2cc(C)c(OC(=O)CCC)c(C)c2C)c(C)c1C. The first-order valence-electron chi connectivity index (χ1n) is 10.8. The van der Waals surface area contributed by atoms with Gasteiger partial charge in [0.2, 0.25) is 0 Å². The summed E-state index contributed by atoms with van der Waals surface area (Å²) >= 11 is 0. The Morgan fingerprint density at radius 2 is 0.967 bits per heavy atom. The number of ether oxygens (including phenoxy) is 2. The second kappa shape index (κ2) is 9.92. The molecule has 0 bridgehead atoms. The van der Waals surface area contributed by atoms with E-state index in [-0.39, 0.29) is 11.9 Å². The van der Waals surface area contributed by atoms with Crippen molar-refractivity contribution in [3.05, 3.63) is 45.5 Å². The van der Waals surface area contributed by atoms with E-state index in [1.54, 1.807) is 0 Å². The minimum absolute atomic E-state index is 0.197. The van der Waals surface area contributed by atoms with Crippen molar-refractivity contribution in [2.24, 2.45) is 0 Å². The number of esters is 2. The van der Waals surface area contributed by atoms with Gasteiger partial charge in [-0.2, -0.15) is 0 Å². The Bertz CT molecular complexity index is 890. The lowest BCUT2D eigenvalue weighted by atomic mass is 9.88. The molecule has 2 aromatic rings. The predicted molar refractivity (Wildman–Crippen MR) is 121 cm³/mol. The van der Waals surface area contributed by atoms with E-state index in [0.29, 0.717) is 24.3 Å². The summed E-state index contributed by atoms with van der Waals surface area (Å²) in [7, 11) is 0. The molecule has 0 heterocycles. The topological polar surface area (TPSA) is 52.6 Å². The second-order valence-electron chi connectivity index (χ2n) is 8.09. The van der Waals surface area contributed by atoms with Gasteiger partial charge in [0.1, 0.15) is 11.5 Å². The monoisotopic (exact) mass is 410 g/mol. The molecule has 0 atom stereocenters. The maximum atomic E-state index is 12.0. The lowest BCUT2D eigenvalue weighted by molar-refractivity contribution is -0.135. The van der Waals surface area contributed by atoms with Gasteiger partial charge in [-0.3, -0.25) is 9.59 Å². The van der Waals surface area contributed by atoms with Crippen molar-refractivity contribution in [1.82, 2.24) is 0 Å². The molecule has 0 aliphatic heterocycles. The first kappa shape index (κ1) is 23.7. The quantitative estimate of drug-likeness (QED) is 0.380. The van der Waals surface area contributed by atoms with E-state index >= 15 is 0 Å². The Hall–Kier alpha value is -2.62. The predicted octanol–water partition coefficient (Wildman–Crippen LogP) is 6.62. The summed E-state index contributed by atoms with van der Waals surface area (Å²) in [5.41, 5.74) is 8.20. The molecule has 0 unspecified atom stereocenters. The molecular weight excluding hydrogens is 376 g/mol. The highest BCUT2D eigenvalue weighted by Gasteiger charge is 2.20. The Morgan fingerprint density at radius 3 is 1.27 bits per heavy atom. The van der Waals surface area contributed by atoms with Gasteiger partial charge in [0, 0.05) is 12.8 Å². The zero-order chi connectivity index (χ0) is 22.6. The maximum Gasteiger partial charge on any atom is 0.311 e. The maximum absolute atomic E-state index is 12.0. The minimum atomic E-state index is -0.197. The Morgan fingerprint density at radius 1 is 0.633 bits per heavy atom. The largest absolute Gasteiger partial charge is 0.426 e. The summed E-state index contributed by atoms with van der Waals surface area (Å²) in [5, 5.41) is 0. The molecule has 0 saturated carbocycles. The van der Waals surface area contributed by atoms with E-state index in [4.69, 9.17) is 9.47 Å². The molecule has 0 fully saturated rings. The lowest BCUT2D eigenvalue weighted by Gasteiger charge is -2.21. The van der Waals surface area contributed by atoms with Crippen LogP contribution in [-0.4, -0.2) is 11.9 Å². The number of rotatable bonds is 7. The van der Waals surface area contributed by atoms with Crippen molar-refractivity contribution in [3.8, 4) is 22.6 Å². The average molecular weight is 411 g/mol. The molecule has 4 heteroatoms. The van der Waals surface area contributed by atoms with Crippen molar-refractivity contribution >= 4 is 11.9 Å². The fourth-order valence-electron chi connectivity index (χ4n) is 3.73. The zero-order valence-corrected chi connectivity index (χ0v) is 19.6. The van der Waals surface area contributed by atoms with Crippen molar-refractivity contribution in [2.75, 3.05) is 0 Å². The van der Waals surface area contributed by atoms with Gasteiger partial charge in [-0.1, -0.05) is 13.8 Å². The summed E-state index contributed by atoms with van der Waals surface area (Å²) < 4.78 is 11.3. The Balaban J connectivity index is 2.54. The fourth-order valence-corrected chi connectivity index (χ4v) is 3.73. The molecule has 0 aliphatic rings. The number of benzene rings is 2. The third-order valence-corrected chi connectivity index (χ3v) is 5.68. The highest BCUT2D eigenvalue weighted by atomic mass is 16.5. The summed E-state index contributed by atoms with van der Waals surface area (Å²) in [4.78, 5) is 24.1. The average Bonchev–Trinajstić information content (AvgIpc) is 2.68. The Kier molecular flexibility index (Phi) is 7.83. The molecular formula is C26H34O4. The van der Waals surface area contributed by atoms with Crippen LogP contribution in [0, 0.1) is 41.5 Å². The molecule has 0 amide bonds. The van der Waals surface area contributed by atoms with Gasteiger partial charge in [0.05, 0.1) is 0 Å². The molecule has 2 rings (SSSR count). The van der Waals surface area contributed by atoms with Crippen LogP contribution in [0.15, 0.2) is 12.1 Å². The molecule has 0 aromatic heterocycles. The van der Waals surface area contributed by atoms with Crippen molar-refractivity contribution in [3.63, 3.8) is 0 Å². The Labute approximate surface area is 180 Å². The van der Waals surface area contributed by atoms with Crippen LogP contribution in [0.5, 0.6) is 11.5 Å². The van der Waals surface area contributed by atoms with Crippen LogP contribution >= 0.6 is 0 Å². The zero-order valence-electron chi connectivity index (χ0n) is 19.6. The van der Waals surface area contributed by atoms with E-state index in [9.17, 15) is 9.59 Å². The van der Waals surface area contributed by atoms with E-state index in [1.165, 1.54) is 0 Å². The third-order valence-electron chi connectivity index (χ3n) is 5.68. The summed E-state index contributed by atoms with van der Waals surface area (Å²) in [6, 6.07) is 4.17. The standard InChI is InChI=1S/C26H34O4/c1-9-11-23(27)29-25-15(3)13-21(17(5)19(25)7)22-14-16(4)26(20(8)18(22)6)30-24(28)12-10-2/h13-14H,9-12H2,1-8H3. The third kappa shape index (κ3) is 4.92. The van der Waals surface area contributed by atoms with Crippen LogP contribution in [-0.2, 0) is 9.59 Å². The summed E-state index contributed by atoms with van der Waals surface area (Å²) in [5.74, 6) is 0.922. The lowest BCUT2D eigenvalue weighted by Crippen LogP contribution is -2.11. The molecule has 0 N–H and O–H groups in total. The normalized spacial score (nSPS) is 10.8. The van der Waals surface area contributed by atoms with Crippen LogP contribution in [0.1, 0.15) is 72.9 Å². The van der Waals surface area contributed by atoms with Crippen LogP contribution in [0.25, 0.3) is 11.1 Å². The molecule has 0 radical (unpaired) electrons. The van der Waals surface area contributed by atoms with Gasteiger partial charge in [-0.25, -0.2) is 0 Å². The first-order valence-corrected chi connectivity index (χ1v) is 10.8. The van der Waals surface area contributed by atoms with E-state index in [1.807, 2.05) is 41.5 Å². The molecule has 0 aliphatic carbocycles. The number of carbonyl (C=O) groups is 2. The summed E-state index contributed by atoms with van der Waals surface area (Å²) in [6.45, 7) is 16.0. The number of hydrogen-bond donors (Lipinski definition) is 0. The second-order valence-corrected chi connectivity index (χ2v) is 8.09. The first-order chi connectivity index (χ1) is 14.1. The number of aryl methyl sites for hydroxylation is 2. The fraction of sp³-hybridized carbons (Fsp3) is 0.462. The molecule has 4 nitrogen and oxygen atoms in total. The van der Waals surface area contributed by atoms with Crippen molar-refractivity contribution < 1.29 is 19.1 Å². The smallest absolute Gasteiger partial charge is 0.311 e. The van der Waals surface area contributed by atoms with E-state index < -0.39 is 0 Å². The van der Waals surface area contributed by atoms with Crippen molar-refractivity contribution in [2.45, 2.75) is 81.1 Å². The summed E-state index contributed by atoms with van der Waals surface area (Å²) in [6.07, 6.45) is 2.35. The van der Waals surface area contributed by atoms with Gasteiger partial charge >= 0.3 is 11.9 Å². The van der Waals surface area contributed by atoms with Gasteiger partial charge in [-0.15, -0.1) is 0 Å². The van der Waals surface area contributed by atoms with E-state index in [2.05, 4.69) is 26.0 Å². The van der Waals surface area contributed by atoms with Crippen LogP contribution < -0.4 is 9.47 Å². The van der Waals surface area contributed by atoms with Crippen LogP contribution in [0.2, 0.25) is 0 Å². The van der Waals surface area contributed by atoms with Crippen LogP contribution in [0.3, 0.4) is 0 Å². The molecule has 2 aromatic carbocycles. The van der Waals surface area contributed by atoms with Gasteiger partial charge in [0.25, 0.3) is 0 Å². The van der Waals surface area contributed by atoms with Gasteiger partial charge in [0.15, 0.2) is 0 Å². The van der Waals surface area contributed by atoms with Gasteiger partial charge < -0.3 is 9.47 Å². The van der Waals surface area contributed by atoms with Crippen molar-refractivity contribution in [1.29, 1.82) is 0 Å². The molecule has 0 spiro atoms. The highest BCUT2D eigenvalue weighted by Crippen LogP contribution is 2.40. The molecule has 30 heavy (non-hydrogen) atoms. The van der Waals surface area contributed by atoms with Gasteiger partial charge in [-0.05, 0) is 111 Å². The molecule has 0 saturated heterocycles. The molecule has 162 valence electrons. The minimum Gasteiger partial charge on any atom is -0.426 e. The number of hydrogen-bond acceptors (Lipinski definition) is 4. The van der Waals surface area contributed by atoms with E-state index in [0.717, 1.165) is 57.3 Å². The highest BCUT2D eigenvalue weighted by molar-refractivity contribution is 5.80.